The fourth-order valence-electron chi connectivity index (χ4n) is 2.90. The first-order chi connectivity index (χ1) is 14.0. The van der Waals surface area contributed by atoms with Gasteiger partial charge in [0, 0.05) is 17.3 Å². The minimum absolute atomic E-state index is 0.0191. The molecule has 29 heavy (non-hydrogen) atoms. The highest BCUT2D eigenvalue weighted by Gasteiger charge is 2.14. The normalized spacial score (nSPS) is 10.7. The second-order valence-corrected chi connectivity index (χ2v) is 6.90. The molecular formula is C22H17N3O3S. The Balaban J connectivity index is 1.47. The van der Waals surface area contributed by atoms with E-state index in [0.717, 1.165) is 5.56 Å². The number of para-hydroxylation sites is 2. The first-order valence-electron chi connectivity index (χ1n) is 8.87. The summed E-state index contributed by atoms with van der Waals surface area (Å²) in [5.74, 6) is -0.00142. The number of phenolic OH excluding ortho intramolecular Hbond substituents is 1. The van der Waals surface area contributed by atoms with Crippen molar-refractivity contribution in [2.75, 3.05) is 5.32 Å². The molecule has 0 aliphatic heterocycles. The highest BCUT2D eigenvalue weighted by Crippen LogP contribution is 2.32. The summed E-state index contributed by atoms with van der Waals surface area (Å²) in [5, 5.41) is 16.0. The van der Waals surface area contributed by atoms with Crippen molar-refractivity contribution in [2.24, 2.45) is 0 Å². The summed E-state index contributed by atoms with van der Waals surface area (Å²) < 4.78 is 5.69. The molecule has 4 aromatic rings. The molecule has 0 aliphatic carbocycles. The van der Waals surface area contributed by atoms with Gasteiger partial charge in [-0.15, -0.1) is 0 Å². The van der Waals surface area contributed by atoms with Gasteiger partial charge < -0.3 is 14.8 Å². The summed E-state index contributed by atoms with van der Waals surface area (Å²) in [5.41, 5.74) is 3.84. The average molecular weight is 403 g/mol. The van der Waals surface area contributed by atoms with Crippen molar-refractivity contribution in [3.8, 4) is 17.2 Å². The standard InChI is InChI=1S/C22H17N3O3S/c1-13-5-4-6-14(11-13)20(27)25-22(29)23-15-9-10-16(18(26)12-15)21-24-17-7-2-3-8-19(17)28-21/h2-12,26H,1H3,(H2,23,25,27,29). The van der Waals surface area contributed by atoms with E-state index in [2.05, 4.69) is 15.6 Å². The minimum atomic E-state index is -0.307. The number of thiocarbonyl (C=S) groups is 1. The molecule has 0 bridgehead atoms. The lowest BCUT2D eigenvalue weighted by Crippen LogP contribution is -2.34. The molecule has 3 aromatic carbocycles. The van der Waals surface area contributed by atoms with Crippen LogP contribution in [0.5, 0.6) is 5.75 Å². The Hall–Kier alpha value is -3.71. The number of hydrogen-bond donors (Lipinski definition) is 3. The molecule has 0 saturated carbocycles. The highest BCUT2D eigenvalue weighted by molar-refractivity contribution is 7.80. The second-order valence-electron chi connectivity index (χ2n) is 6.50. The predicted molar refractivity (Wildman–Crippen MR) is 116 cm³/mol. The molecule has 0 saturated heterocycles. The molecule has 4 rings (SSSR count). The Morgan fingerprint density at radius 3 is 2.66 bits per heavy atom. The molecule has 1 heterocycles. The van der Waals surface area contributed by atoms with E-state index in [-0.39, 0.29) is 16.8 Å². The number of nitrogens with one attached hydrogen (secondary N) is 2. The molecule has 0 atom stereocenters. The second kappa shape index (κ2) is 7.73. The van der Waals surface area contributed by atoms with Gasteiger partial charge in [-0.3, -0.25) is 10.1 Å². The van der Waals surface area contributed by atoms with Crippen molar-refractivity contribution in [2.45, 2.75) is 6.92 Å². The number of carbonyl (C=O) groups is 1. The van der Waals surface area contributed by atoms with Crippen molar-refractivity contribution in [1.82, 2.24) is 10.3 Å². The zero-order chi connectivity index (χ0) is 20.4. The summed E-state index contributed by atoms with van der Waals surface area (Å²) in [7, 11) is 0. The predicted octanol–water partition coefficient (Wildman–Crippen LogP) is 4.64. The summed E-state index contributed by atoms with van der Waals surface area (Å²) in [6.07, 6.45) is 0. The molecule has 144 valence electrons. The van der Waals surface area contributed by atoms with Gasteiger partial charge in [-0.2, -0.15) is 0 Å². The summed E-state index contributed by atoms with van der Waals surface area (Å²) in [6.45, 7) is 1.91. The molecule has 1 aromatic heterocycles. The van der Waals surface area contributed by atoms with E-state index in [0.29, 0.717) is 33.8 Å². The van der Waals surface area contributed by atoms with Crippen LogP contribution in [0.3, 0.4) is 0 Å². The fraction of sp³-hybridized carbons (Fsp3) is 0.0455. The van der Waals surface area contributed by atoms with Crippen LogP contribution in [0, 0.1) is 6.92 Å². The molecule has 0 spiro atoms. The minimum Gasteiger partial charge on any atom is -0.507 e. The molecule has 7 heteroatoms. The SMILES string of the molecule is Cc1cccc(C(=O)NC(=S)Nc2ccc(-c3nc4ccccc4o3)c(O)c2)c1. The largest absolute Gasteiger partial charge is 0.507 e. The van der Waals surface area contributed by atoms with E-state index >= 15 is 0 Å². The lowest BCUT2D eigenvalue weighted by molar-refractivity contribution is 0.0977. The first-order valence-corrected chi connectivity index (χ1v) is 9.28. The van der Waals surface area contributed by atoms with Gasteiger partial charge >= 0.3 is 0 Å². The quantitative estimate of drug-likeness (QED) is 0.432. The van der Waals surface area contributed by atoms with Gasteiger partial charge in [-0.25, -0.2) is 4.98 Å². The number of hydrogen-bond acceptors (Lipinski definition) is 5. The molecule has 3 N–H and O–H groups in total. The van der Waals surface area contributed by atoms with Crippen LogP contribution in [0.1, 0.15) is 15.9 Å². The number of rotatable bonds is 3. The Bertz CT molecular complexity index is 1200. The summed E-state index contributed by atoms with van der Waals surface area (Å²) in [6, 6.07) is 19.5. The van der Waals surface area contributed by atoms with Gasteiger partial charge in [-0.05, 0) is 55.5 Å². The Morgan fingerprint density at radius 1 is 1.07 bits per heavy atom. The van der Waals surface area contributed by atoms with Crippen molar-refractivity contribution in [1.29, 1.82) is 0 Å². The Kier molecular flexibility index (Phi) is 4.97. The number of anilines is 1. The zero-order valence-corrected chi connectivity index (χ0v) is 16.3. The monoisotopic (exact) mass is 403 g/mol. The van der Waals surface area contributed by atoms with Gasteiger partial charge in [0.2, 0.25) is 5.89 Å². The van der Waals surface area contributed by atoms with Crippen molar-refractivity contribution < 1.29 is 14.3 Å². The third-order valence-corrected chi connectivity index (χ3v) is 4.49. The topological polar surface area (TPSA) is 87.4 Å². The van der Waals surface area contributed by atoms with Crippen LogP contribution in [0.25, 0.3) is 22.6 Å². The number of aryl methyl sites for hydroxylation is 1. The maximum atomic E-state index is 12.3. The third-order valence-electron chi connectivity index (χ3n) is 4.29. The van der Waals surface area contributed by atoms with Crippen molar-refractivity contribution >= 4 is 40.0 Å². The van der Waals surface area contributed by atoms with Gasteiger partial charge in [0.1, 0.15) is 11.3 Å². The molecule has 1 amide bonds. The van der Waals surface area contributed by atoms with E-state index < -0.39 is 0 Å². The number of fused-ring (bicyclic) bond motifs is 1. The molecule has 0 unspecified atom stereocenters. The van der Waals surface area contributed by atoms with Crippen LogP contribution in [0.2, 0.25) is 0 Å². The number of nitrogens with zero attached hydrogens (tertiary/aromatic N) is 1. The van der Waals surface area contributed by atoms with E-state index in [4.69, 9.17) is 16.6 Å². The fourth-order valence-corrected chi connectivity index (χ4v) is 3.11. The number of carbonyl (C=O) groups excluding carboxylic acids is 1. The zero-order valence-electron chi connectivity index (χ0n) is 15.5. The van der Waals surface area contributed by atoms with Crippen LogP contribution < -0.4 is 10.6 Å². The third kappa shape index (κ3) is 4.09. The van der Waals surface area contributed by atoms with Crippen molar-refractivity contribution in [3.63, 3.8) is 0 Å². The Labute approximate surface area is 172 Å². The number of amides is 1. The summed E-state index contributed by atoms with van der Waals surface area (Å²) in [4.78, 5) is 16.7. The van der Waals surface area contributed by atoms with Gasteiger partial charge in [-0.1, -0.05) is 29.8 Å². The highest BCUT2D eigenvalue weighted by atomic mass is 32.1. The van der Waals surface area contributed by atoms with Crippen LogP contribution in [0.4, 0.5) is 5.69 Å². The maximum Gasteiger partial charge on any atom is 0.257 e. The molecule has 0 fully saturated rings. The van der Waals surface area contributed by atoms with Crippen molar-refractivity contribution in [3.05, 3.63) is 77.9 Å². The number of aromatic hydroxyl groups is 1. The van der Waals surface area contributed by atoms with E-state index in [1.807, 2.05) is 43.3 Å². The number of oxazole rings is 1. The maximum absolute atomic E-state index is 12.3. The number of aromatic nitrogens is 1. The number of phenols is 1. The molecular weight excluding hydrogens is 386 g/mol. The Morgan fingerprint density at radius 2 is 1.90 bits per heavy atom. The average Bonchev–Trinajstić information content (AvgIpc) is 3.11. The smallest absolute Gasteiger partial charge is 0.257 e. The van der Waals surface area contributed by atoms with E-state index in [9.17, 15) is 9.90 Å². The molecule has 0 aliphatic rings. The number of benzene rings is 3. The van der Waals surface area contributed by atoms with E-state index in [1.165, 1.54) is 6.07 Å². The summed E-state index contributed by atoms with van der Waals surface area (Å²) >= 11 is 5.20. The lowest BCUT2D eigenvalue weighted by Gasteiger charge is -2.11. The lowest BCUT2D eigenvalue weighted by atomic mass is 10.1. The van der Waals surface area contributed by atoms with Gasteiger partial charge in [0.15, 0.2) is 10.7 Å². The van der Waals surface area contributed by atoms with E-state index in [1.54, 1.807) is 24.3 Å². The van der Waals surface area contributed by atoms with Crippen LogP contribution >= 0.6 is 12.2 Å². The molecule has 6 nitrogen and oxygen atoms in total. The molecule has 0 radical (unpaired) electrons. The first kappa shape index (κ1) is 18.6. The van der Waals surface area contributed by atoms with Gasteiger partial charge in [0.05, 0.1) is 5.56 Å². The van der Waals surface area contributed by atoms with Crippen LogP contribution in [-0.4, -0.2) is 21.1 Å². The van der Waals surface area contributed by atoms with Crippen LogP contribution in [0.15, 0.2) is 71.1 Å². The van der Waals surface area contributed by atoms with Gasteiger partial charge in [0.25, 0.3) is 5.91 Å². The van der Waals surface area contributed by atoms with Crippen LogP contribution in [-0.2, 0) is 0 Å².